The molecule has 1 aliphatic rings. The average molecular weight is 282 g/mol. The van der Waals surface area contributed by atoms with Crippen molar-refractivity contribution in [2.75, 3.05) is 13.7 Å². The summed E-state index contributed by atoms with van der Waals surface area (Å²) in [6, 6.07) is 10.5. The molecule has 21 heavy (non-hydrogen) atoms. The van der Waals surface area contributed by atoms with Gasteiger partial charge in [0.1, 0.15) is 5.75 Å². The molecule has 0 aliphatic heterocycles. The largest absolute Gasteiger partial charge is 0.496 e. The molecule has 0 fully saturated rings. The number of methoxy groups -OCH3 is 1. The number of carbonyl (C=O) groups excluding carboxylic acids is 2. The van der Waals surface area contributed by atoms with E-state index in [1.54, 1.807) is 31.2 Å². The van der Waals surface area contributed by atoms with Crippen LogP contribution in [0.2, 0.25) is 0 Å². The molecule has 2 aromatic rings. The fourth-order valence-electron chi connectivity index (χ4n) is 2.60. The van der Waals surface area contributed by atoms with Crippen molar-refractivity contribution >= 4 is 11.8 Å². The lowest BCUT2D eigenvalue weighted by Gasteiger charge is -2.05. The normalized spacial score (nSPS) is 11.8. The van der Waals surface area contributed by atoms with Crippen LogP contribution in [-0.2, 0) is 4.74 Å². The van der Waals surface area contributed by atoms with Crippen molar-refractivity contribution in [1.82, 2.24) is 0 Å². The molecular formula is C17H14O4. The number of benzene rings is 2. The van der Waals surface area contributed by atoms with Crippen LogP contribution in [0.15, 0.2) is 36.4 Å². The summed E-state index contributed by atoms with van der Waals surface area (Å²) in [5, 5.41) is 0. The molecule has 0 amide bonds. The first-order valence-electron chi connectivity index (χ1n) is 6.70. The van der Waals surface area contributed by atoms with Gasteiger partial charge in [-0.25, -0.2) is 4.79 Å². The highest BCUT2D eigenvalue weighted by atomic mass is 16.5. The SMILES string of the molecule is CCOC(=O)c1ccc2c(c1)C(=O)c1c(OC)cccc1-2. The Labute approximate surface area is 122 Å². The molecule has 0 N–H and O–H groups in total. The molecule has 0 saturated carbocycles. The van der Waals surface area contributed by atoms with E-state index in [-0.39, 0.29) is 5.78 Å². The van der Waals surface area contributed by atoms with Crippen molar-refractivity contribution in [3.63, 3.8) is 0 Å². The van der Waals surface area contributed by atoms with Crippen LogP contribution in [0.4, 0.5) is 0 Å². The highest BCUT2D eigenvalue weighted by molar-refractivity contribution is 6.23. The molecule has 0 spiro atoms. The lowest BCUT2D eigenvalue weighted by Crippen LogP contribution is -2.06. The van der Waals surface area contributed by atoms with Crippen LogP contribution in [0.1, 0.15) is 33.2 Å². The van der Waals surface area contributed by atoms with Gasteiger partial charge in [0.25, 0.3) is 0 Å². The van der Waals surface area contributed by atoms with Gasteiger partial charge in [-0.3, -0.25) is 4.79 Å². The molecular weight excluding hydrogens is 268 g/mol. The van der Waals surface area contributed by atoms with Crippen molar-refractivity contribution in [2.45, 2.75) is 6.92 Å². The summed E-state index contributed by atoms with van der Waals surface area (Å²) in [5.41, 5.74) is 3.11. The predicted octanol–water partition coefficient (Wildman–Crippen LogP) is 3.08. The minimum atomic E-state index is -0.420. The van der Waals surface area contributed by atoms with Gasteiger partial charge in [-0.1, -0.05) is 18.2 Å². The Morgan fingerprint density at radius 3 is 2.62 bits per heavy atom. The highest BCUT2D eigenvalue weighted by Gasteiger charge is 2.30. The number of ether oxygens (including phenoxy) is 2. The van der Waals surface area contributed by atoms with Crippen LogP contribution in [0.25, 0.3) is 11.1 Å². The molecule has 4 nitrogen and oxygen atoms in total. The second-order valence-corrected chi connectivity index (χ2v) is 4.69. The molecule has 106 valence electrons. The van der Waals surface area contributed by atoms with Crippen molar-refractivity contribution < 1.29 is 19.1 Å². The van der Waals surface area contributed by atoms with Gasteiger partial charge >= 0.3 is 5.97 Å². The monoisotopic (exact) mass is 282 g/mol. The average Bonchev–Trinajstić information content (AvgIpc) is 2.80. The highest BCUT2D eigenvalue weighted by Crippen LogP contribution is 2.41. The number of fused-ring (bicyclic) bond motifs is 3. The first kappa shape index (κ1) is 13.4. The summed E-state index contributed by atoms with van der Waals surface area (Å²) in [4.78, 5) is 24.4. The molecule has 0 saturated heterocycles. The van der Waals surface area contributed by atoms with E-state index in [1.807, 2.05) is 12.1 Å². The number of ketones is 1. The smallest absolute Gasteiger partial charge is 0.338 e. The second kappa shape index (κ2) is 5.05. The maximum absolute atomic E-state index is 12.6. The molecule has 0 radical (unpaired) electrons. The van der Waals surface area contributed by atoms with Gasteiger partial charge in [0.2, 0.25) is 0 Å². The fraction of sp³-hybridized carbons (Fsp3) is 0.176. The van der Waals surface area contributed by atoms with E-state index >= 15 is 0 Å². The third kappa shape index (κ3) is 2.00. The van der Waals surface area contributed by atoms with E-state index in [0.717, 1.165) is 11.1 Å². The van der Waals surface area contributed by atoms with E-state index in [1.165, 1.54) is 7.11 Å². The lowest BCUT2D eigenvalue weighted by molar-refractivity contribution is 0.0526. The Bertz CT molecular complexity index is 746. The number of hydrogen-bond donors (Lipinski definition) is 0. The van der Waals surface area contributed by atoms with Gasteiger partial charge in [-0.05, 0) is 36.2 Å². The van der Waals surface area contributed by atoms with Gasteiger partial charge < -0.3 is 9.47 Å². The standard InChI is InChI=1S/C17H14O4/c1-3-21-17(19)10-7-8-11-12-5-4-6-14(20-2)15(12)16(18)13(11)9-10/h4-9H,3H2,1-2H3. The topological polar surface area (TPSA) is 52.6 Å². The summed E-state index contributed by atoms with van der Waals surface area (Å²) in [6.07, 6.45) is 0. The molecule has 0 aromatic heterocycles. The van der Waals surface area contributed by atoms with E-state index < -0.39 is 5.97 Å². The van der Waals surface area contributed by atoms with Gasteiger partial charge in [0, 0.05) is 5.56 Å². The Kier molecular flexibility index (Phi) is 3.22. The Morgan fingerprint density at radius 1 is 1.10 bits per heavy atom. The molecule has 0 heterocycles. The summed E-state index contributed by atoms with van der Waals surface area (Å²) >= 11 is 0. The van der Waals surface area contributed by atoms with Crippen LogP contribution < -0.4 is 4.74 Å². The first-order valence-corrected chi connectivity index (χ1v) is 6.70. The minimum Gasteiger partial charge on any atom is -0.496 e. The maximum Gasteiger partial charge on any atom is 0.338 e. The molecule has 4 heteroatoms. The molecule has 1 aliphatic carbocycles. The zero-order chi connectivity index (χ0) is 15.0. The number of hydrogen-bond acceptors (Lipinski definition) is 4. The van der Waals surface area contributed by atoms with Crippen LogP contribution >= 0.6 is 0 Å². The van der Waals surface area contributed by atoms with Crippen molar-refractivity contribution in [1.29, 1.82) is 0 Å². The van der Waals surface area contributed by atoms with E-state index in [9.17, 15) is 9.59 Å². The molecule has 0 bridgehead atoms. The number of rotatable bonds is 3. The van der Waals surface area contributed by atoms with E-state index in [4.69, 9.17) is 9.47 Å². The third-order valence-electron chi connectivity index (χ3n) is 3.54. The van der Waals surface area contributed by atoms with Crippen LogP contribution in [0.5, 0.6) is 5.75 Å². The van der Waals surface area contributed by atoms with E-state index in [0.29, 0.717) is 29.0 Å². The van der Waals surface area contributed by atoms with Crippen molar-refractivity contribution in [3.05, 3.63) is 53.1 Å². The van der Waals surface area contributed by atoms with E-state index in [2.05, 4.69) is 0 Å². The summed E-state index contributed by atoms with van der Waals surface area (Å²) in [7, 11) is 1.54. The van der Waals surface area contributed by atoms with Gasteiger partial charge in [-0.2, -0.15) is 0 Å². The second-order valence-electron chi connectivity index (χ2n) is 4.69. The van der Waals surface area contributed by atoms with Gasteiger partial charge in [0.15, 0.2) is 5.78 Å². The van der Waals surface area contributed by atoms with Crippen molar-refractivity contribution in [3.8, 4) is 16.9 Å². The van der Waals surface area contributed by atoms with Gasteiger partial charge in [0.05, 0.1) is 24.8 Å². The van der Waals surface area contributed by atoms with Crippen LogP contribution in [0, 0.1) is 0 Å². The lowest BCUT2D eigenvalue weighted by atomic mass is 10.0. The molecule has 3 rings (SSSR count). The Balaban J connectivity index is 2.12. The minimum absolute atomic E-state index is 0.122. The zero-order valence-electron chi connectivity index (χ0n) is 11.8. The molecule has 0 unspecified atom stereocenters. The first-order chi connectivity index (χ1) is 10.2. The maximum atomic E-state index is 12.6. The summed E-state index contributed by atoms with van der Waals surface area (Å²) < 4.78 is 10.2. The quantitative estimate of drug-likeness (QED) is 0.693. The van der Waals surface area contributed by atoms with Crippen molar-refractivity contribution in [2.24, 2.45) is 0 Å². The number of esters is 1. The van der Waals surface area contributed by atoms with Crippen LogP contribution in [-0.4, -0.2) is 25.5 Å². The Morgan fingerprint density at radius 2 is 1.90 bits per heavy atom. The molecule has 0 atom stereocenters. The molecule has 2 aromatic carbocycles. The third-order valence-corrected chi connectivity index (χ3v) is 3.54. The van der Waals surface area contributed by atoms with Gasteiger partial charge in [-0.15, -0.1) is 0 Å². The van der Waals surface area contributed by atoms with Crippen LogP contribution in [0.3, 0.4) is 0 Å². The zero-order valence-corrected chi connectivity index (χ0v) is 11.8. The summed E-state index contributed by atoms with van der Waals surface area (Å²) in [6.45, 7) is 2.05. The summed E-state index contributed by atoms with van der Waals surface area (Å²) in [5.74, 6) is 0.00556. The predicted molar refractivity (Wildman–Crippen MR) is 77.8 cm³/mol. The number of carbonyl (C=O) groups is 2. The Hall–Kier alpha value is -2.62. The fourth-order valence-corrected chi connectivity index (χ4v) is 2.60.